The lowest BCUT2D eigenvalue weighted by Gasteiger charge is -2.21. The zero-order valence-electron chi connectivity index (χ0n) is 11.5. The van der Waals surface area contributed by atoms with Gasteiger partial charge < -0.3 is 0 Å². The molecule has 1 unspecified atom stereocenters. The summed E-state index contributed by atoms with van der Waals surface area (Å²) in [5, 5.41) is 0. The maximum atomic E-state index is 3.87. The van der Waals surface area contributed by atoms with E-state index in [-0.39, 0.29) is 0 Å². The fourth-order valence-electron chi connectivity index (χ4n) is 2.74. The molecule has 2 aromatic carbocycles. The summed E-state index contributed by atoms with van der Waals surface area (Å²) in [5.74, 6) is 0.455. The summed E-state index contributed by atoms with van der Waals surface area (Å²) < 4.78 is 0. The van der Waals surface area contributed by atoms with Crippen molar-refractivity contribution in [2.45, 2.75) is 12.3 Å². The minimum Gasteiger partial charge on any atom is -0.103 e. The first-order valence-corrected chi connectivity index (χ1v) is 7.03. The Bertz CT molecular complexity index is 659. The minimum atomic E-state index is 0.455. The predicted molar refractivity (Wildman–Crippen MR) is 87.5 cm³/mol. The van der Waals surface area contributed by atoms with Crippen LogP contribution in [0.15, 0.2) is 79.4 Å². The lowest BCUT2D eigenvalue weighted by Crippen LogP contribution is -2.03. The molecule has 0 nitrogen and oxygen atoms in total. The molecule has 0 saturated carbocycles. The van der Waals surface area contributed by atoms with Gasteiger partial charge in [0, 0.05) is 5.92 Å². The number of allylic oxidation sites excluding steroid dienone is 4. The molecular formula is C20H18. The second-order valence-electron chi connectivity index (χ2n) is 5.09. The average molecular weight is 258 g/mol. The molecule has 0 aliphatic heterocycles. The molecule has 0 heteroatoms. The molecule has 0 N–H and O–H groups in total. The van der Waals surface area contributed by atoms with Crippen molar-refractivity contribution in [1.29, 1.82) is 0 Å². The van der Waals surface area contributed by atoms with E-state index < -0.39 is 0 Å². The Morgan fingerprint density at radius 1 is 0.950 bits per heavy atom. The first kappa shape index (κ1) is 12.7. The standard InChI is InChI=1S/C20H18/c1-2-8-17-13-14-18(15-16-9-4-3-5-10-16)20-12-7-6-11-19(17)20/h2-7,9-15,17H,1,8H2/b18-15-. The van der Waals surface area contributed by atoms with Gasteiger partial charge in [-0.25, -0.2) is 0 Å². The highest BCUT2D eigenvalue weighted by molar-refractivity contribution is 5.90. The third kappa shape index (κ3) is 2.50. The molecule has 1 atom stereocenters. The van der Waals surface area contributed by atoms with Gasteiger partial charge in [0.15, 0.2) is 0 Å². The third-order valence-corrected chi connectivity index (χ3v) is 3.72. The van der Waals surface area contributed by atoms with Gasteiger partial charge in [0.1, 0.15) is 0 Å². The van der Waals surface area contributed by atoms with Crippen molar-refractivity contribution in [3.63, 3.8) is 0 Å². The molecule has 1 aliphatic carbocycles. The lowest BCUT2D eigenvalue weighted by molar-refractivity contribution is 0.856. The van der Waals surface area contributed by atoms with Crippen LogP contribution in [-0.2, 0) is 0 Å². The molecule has 0 radical (unpaired) electrons. The van der Waals surface area contributed by atoms with E-state index in [0.717, 1.165) is 6.42 Å². The van der Waals surface area contributed by atoms with E-state index >= 15 is 0 Å². The molecule has 1 aliphatic rings. The summed E-state index contributed by atoms with van der Waals surface area (Å²) in [4.78, 5) is 0. The van der Waals surface area contributed by atoms with Crippen LogP contribution in [0.5, 0.6) is 0 Å². The predicted octanol–water partition coefficient (Wildman–Crippen LogP) is 5.46. The van der Waals surface area contributed by atoms with E-state index in [1.54, 1.807) is 0 Å². The van der Waals surface area contributed by atoms with Crippen LogP contribution in [0, 0.1) is 0 Å². The van der Waals surface area contributed by atoms with Gasteiger partial charge in [0.2, 0.25) is 0 Å². The molecule has 0 fully saturated rings. The molecule has 98 valence electrons. The Morgan fingerprint density at radius 2 is 1.70 bits per heavy atom. The van der Waals surface area contributed by atoms with Crippen LogP contribution in [0.1, 0.15) is 29.0 Å². The Labute approximate surface area is 120 Å². The molecule has 0 bridgehead atoms. The van der Waals surface area contributed by atoms with Gasteiger partial charge in [0.05, 0.1) is 0 Å². The van der Waals surface area contributed by atoms with Crippen LogP contribution in [-0.4, -0.2) is 0 Å². The Kier molecular flexibility index (Phi) is 3.64. The fraction of sp³-hybridized carbons (Fsp3) is 0.100. The molecule has 0 heterocycles. The average Bonchev–Trinajstić information content (AvgIpc) is 2.51. The SMILES string of the molecule is C=CCC1C=C/C(=C/c2ccccc2)c2ccccc21. The van der Waals surface area contributed by atoms with E-state index in [4.69, 9.17) is 0 Å². The van der Waals surface area contributed by atoms with Crippen molar-refractivity contribution in [3.8, 4) is 0 Å². The molecule has 0 spiro atoms. The molecular weight excluding hydrogens is 240 g/mol. The van der Waals surface area contributed by atoms with Crippen molar-refractivity contribution in [3.05, 3.63) is 96.1 Å². The molecule has 0 saturated heterocycles. The Balaban J connectivity index is 2.05. The third-order valence-electron chi connectivity index (χ3n) is 3.72. The monoisotopic (exact) mass is 258 g/mol. The largest absolute Gasteiger partial charge is 0.103 e. The summed E-state index contributed by atoms with van der Waals surface area (Å²) in [5.41, 5.74) is 5.26. The number of rotatable bonds is 3. The van der Waals surface area contributed by atoms with Crippen LogP contribution in [0.3, 0.4) is 0 Å². The summed E-state index contributed by atoms with van der Waals surface area (Å²) in [6.45, 7) is 3.87. The van der Waals surface area contributed by atoms with Crippen molar-refractivity contribution < 1.29 is 0 Å². The van der Waals surface area contributed by atoms with Gasteiger partial charge in [-0.2, -0.15) is 0 Å². The topological polar surface area (TPSA) is 0 Å². The summed E-state index contributed by atoms with van der Waals surface area (Å²) in [6.07, 6.45) is 9.77. The van der Waals surface area contributed by atoms with Crippen molar-refractivity contribution >= 4 is 11.6 Å². The summed E-state index contributed by atoms with van der Waals surface area (Å²) >= 11 is 0. The van der Waals surface area contributed by atoms with Crippen molar-refractivity contribution in [1.82, 2.24) is 0 Å². The van der Waals surface area contributed by atoms with Gasteiger partial charge in [-0.3, -0.25) is 0 Å². The fourth-order valence-corrected chi connectivity index (χ4v) is 2.74. The van der Waals surface area contributed by atoms with E-state index in [2.05, 4.69) is 73.3 Å². The van der Waals surface area contributed by atoms with Gasteiger partial charge in [0.25, 0.3) is 0 Å². The highest BCUT2D eigenvalue weighted by Gasteiger charge is 2.17. The van der Waals surface area contributed by atoms with Crippen LogP contribution < -0.4 is 0 Å². The van der Waals surface area contributed by atoms with Gasteiger partial charge >= 0.3 is 0 Å². The smallest absolute Gasteiger partial charge is 0.00618 e. The van der Waals surface area contributed by atoms with E-state index in [1.807, 2.05) is 12.1 Å². The molecule has 3 rings (SSSR count). The highest BCUT2D eigenvalue weighted by atomic mass is 14.2. The van der Waals surface area contributed by atoms with Gasteiger partial charge in [-0.1, -0.05) is 72.8 Å². The first-order valence-electron chi connectivity index (χ1n) is 7.03. The van der Waals surface area contributed by atoms with E-state index in [9.17, 15) is 0 Å². The summed E-state index contributed by atoms with van der Waals surface area (Å²) in [6, 6.07) is 19.1. The van der Waals surface area contributed by atoms with Crippen LogP contribution in [0.4, 0.5) is 0 Å². The second-order valence-corrected chi connectivity index (χ2v) is 5.09. The van der Waals surface area contributed by atoms with Gasteiger partial charge in [-0.05, 0) is 34.8 Å². The van der Waals surface area contributed by atoms with Crippen molar-refractivity contribution in [2.75, 3.05) is 0 Å². The van der Waals surface area contributed by atoms with E-state index in [0.29, 0.717) is 5.92 Å². The Morgan fingerprint density at radius 3 is 2.50 bits per heavy atom. The number of fused-ring (bicyclic) bond motifs is 1. The molecule has 20 heavy (non-hydrogen) atoms. The zero-order valence-corrected chi connectivity index (χ0v) is 11.5. The Hall–Kier alpha value is -2.34. The summed E-state index contributed by atoms with van der Waals surface area (Å²) in [7, 11) is 0. The van der Waals surface area contributed by atoms with Gasteiger partial charge in [-0.15, -0.1) is 6.58 Å². The van der Waals surface area contributed by atoms with Crippen LogP contribution >= 0.6 is 0 Å². The van der Waals surface area contributed by atoms with Crippen molar-refractivity contribution in [2.24, 2.45) is 0 Å². The van der Waals surface area contributed by atoms with E-state index in [1.165, 1.54) is 22.3 Å². The minimum absolute atomic E-state index is 0.455. The maximum Gasteiger partial charge on any atom is 0.00618 e. The highest BCUT2D eigenvalue weighted by Crippen LogP contribution is 2.35. The second kappa shape index (κ2) is 5.75. The molecule has 0 amide bonds. The number of benzene rings is 2. The number of hydrogen-bond acceptors (Lipinski definition) is 0. The molecule has 0 aromatic heterocycles. The maximum absolute atomic E-state index is 3.87. The zero-order chi connectivity index (χ0) is 13.8. The quantitative estimate of drug-likeness (QED) is 0.641. The number of hydrogen-bond donors (Lipinski definition) is 0. The first-order chi connectivity index (χ1) is 9.88. The lowest BCUT2D eigenvalue weighted by atomic mass is 9.83. The normalized spacial score (nSPS) is 18.8. The van der Waals surface area contributed by atoms with Crippen LogP contribution in [0.2, 0.25) is 0 Å². The molecule has 2 aromatic rings. The van der Waals surface area contributed by atoms with Crippen LogP contribution in [0.25, 0.3) is 11.6 Å².